The molecule has 0 aliphatic rings. The topological polar surface area (TPSA) is 190 Å². The van der Waals surface area contributed by atoms with E-state index in [0.717, 1.165) is 0 Å². The van der Waals surface area contributed by atoms with Gasteiger partial charge in [-0.1, -0.05) is 0 Å². The van der Waals surface area contributed by atoms with Gasteiger partial charge in [0.2, 0.25) is 0 Å². The molecule has 16 heteroatoms. The minimum atomic E-state index is -3.63. The van der Waals surface area contributed by atoms with Gasteiger partial charge < -0.3 is 42.2 Å². The van der Waals surface area contributed by atoms with Crippen molar-refractivity contribution in [2.45, 2.75) is 0 Å². The van der Waals surface area contributed by atoms with Crippen LogP contribution in [0.4, 0.5) is 0 Å². The summed E-state index contributed by atoms with van der Waals surface area (Å²) in [6, 6.07) is 0. The van der Waals surface area contributed by atoms with Crippen LogP contribution >= 0.6 is 0 Å². The van der Waals surface area contributed by atoms with Gasteiger partial charge in [-0.05, 0) is 0 Å². The number of hydrogen-bond acceptors (Lipinski definition) is 9. The van der Waals surface area contributed by atoms with Gasteiger partial charge in [-0.3, -0.25) is 0 Å². The summed E-state index contributed by atoms with van der Waals surface area (Å²) in [5.41, 5.74) is 0. The van der Waals surface area contributed by atoms with Gasteiger partial charge in [-0.25, -0.2) is 0 Å². The maximum atomic E-state index is 8.52. The van der Waals surface area contributed by atoms with E-state index in [1.54, 1.807) is 0 Å². The Labute approximate surface area is 137 Å². The Kier molecular flexibility index (Phi) is 98.0. The SMILES string of the molecule is O=[Si]([O-])[O-].O=[Si]([O-])[O-].O=[Si]([O-])[O-].[Al].[Al].[Fe+3].[Fe+3]. The molecule has 0 spiro atoms. The minimum Gasteiger partial charge on any atom is -0.672 e. The van der Waals surface area contributed by atoms with Crippen molar-refractivity contribution in [3.8, 4) is 0 Å². The van der Waals surface area contributed by atoms with Gasteiger partial charge in [0.15, 0.2) is 0 Å². The van der Waals surface area contributed by atoms with E-state index in [9.17, 15) is 0 Å². The van der Waals surface area contributed by atoms with Crippen LogP contribution in [0.3, 0.4) is 0 Å². The van der Waals surface area contributed by atoms with Crippen molar-refractivity contribution in [3.05, 3.63) is 0 Å². The van der Waals surface area contributed by atoms with E-state index < -0.39 is 27.5 Å². The molecule has 0 bridgehead atoms. The molecule has 0 saturated heterocycles. The van der Waals surface area contributed by atoms with Crippen LogP contribution in [0.25, 0.3) is 0 Å². The van der Waals surface area contributed by atoms with E-state index >= 15 is 0 Å². The fourth-order valence-electron chi connectivity index (χ4n) is 0. The van der Waals surface area contributed by atoms with Crippen molar-refractivity contribution >= 4 is 62.2 Å². The van der Waals surface area contributed by atoms with Gasteiger partial charge in [-0.15, -0.1) is 0 Å². The smallest absolute Gasteiger partial charge is 0.672 e. The molecule has 9 nitrogen and oxygen atoms in total. The standard InChI is InChI=1S/2Al.2Fe.3O3Si/c;;;;3*1-4(2)3/q;;2*+3;3*-2. The van der Waals surface area contributed by atoms with Crippen molar-refractivity contribution in [2.24, 2.45) is 0 Å². The summed E-state index contributed by atoms with van der Waals surface area (Å²) in [5.74, 6) is 0. The predicted octanol–water partition coefficient (Wildman–Crippen LogP) is -9.40. The van der Waals surface area contributed by atoms with Gasteiger partial charge in [0.1, 0.15) is 0 Å². The quantitative estimate of drug-likeness (QED) is 0.359. The first kappa shape index (κ1) is 43.6. The molecule has 0 aromatic heterocycles. The van der Waals surface area contributed by atoms with E-state index in [1.807, 2.05) is 0 Å². The molecule has 0 aliphatic heterocycles. The Bertz CT molecular complexity index is 124. The van der Waals surface area contributed by atoms with Crippen molar-refractivity contribution < 1.29 is 76.3 Å². The number of hydrogen-bond donors (Lipinski definition) is 0. The summed E-state index contributed by atoms with van der Waals surface area (Å²) in [6.07, 6.45) is 0. The largest absolute Gasteiger partial charge is 3.00 e. The Morgan fingerprint density at radius 3 is 0.500 bits per heavy atom. The fourth-order valence-corrected chi connectivity index (χ4v) is 0. The molecule has 0 aromatic rings. The zero-order chi connectivity index (χ0) is 10.7. The molecule has 0 aliphatic carbocycles. The fraction of sp³-hybridized carbons (Fsp3) is 0. The molecule has 88 valence electrons. The third-order valence-electron chi connectivity index (χ3n) is 0. The van der Waals surface area contributed by atoms with Gasteiger partial charge in [-0.2, -0.15) is 0 Å². The van der Waals surface area contributed by atoms with Crippen molar-refractivity contribution in [3.63, 3.8) is 0 Å². The van der Waals surface area contributed by atoms with Crippen molar-refractivity contribution in [2.75, 3.05) is 0 Å². The molecule has 0 fully saturated rings. The van der Waals surface area contributed by atoms with Crippen LogP contribution in [0.15, 0.2) is 0 Å². The molecule has 0 saturated carbocycles. The zero-order valence-corrected chi connectivity index (χ0v) is 14.6. The zero-order valence-electron chi connectivity index (χ0n) is 7.04. The van der Waals surface area contributed by atoms with Crippen LogP contribution in [-0.2, 0) is 47.5 Å². The Morgan fingerprint density at radius 1 is 0.500 bits per heavy atom. The summed E-state index contributed by atoms with van der Waals surface area (Å²) in [4.78, 5) is 51.1. The van der Waals surface area contributed by atoms with Crippen LogP contribution < -0.4 is 28.8 Å². The molecule has 8 radical (unpaired) electrons. The second kappa shape index (κ2) is 36.0. The normalized spacial score (nSPS) is 4.50. The first-order valence-corrected chi connectivity index (χ1v) is 5.51. The summed E-state index contributed by atoms with van der Waals surface area (Å²) < 4.78 is 25.6. The average Bonchev–Trinajstić information content (AvgIpc) is 1.54. The van der Waals surface area contributed by atoms with Crippen LogP contribution in [-0.4, -0.2) is 62.2 Å². The monoisotopic (exact) mass is 394 g/mol. The van der Waals surface area contributed by atoms with Crippen LogP contribution in [0.5, 0.6) is 0 Å². The molecule has 0 N–H and O–H groups in total. The van der Waals surface area contributed by atoms with Gasteiger partial charge >= 0.3 is 34.1 Å². The molecule has 0 rings (SSSR count). The second-order valence-electron chi connectivity index (χ2n) is 0.750. The molecule has 0 heterocycles. The van der Waals surface area contributed by atoms with Crippen LogP contribution in [0.2, 0.25) is 0 Å². The van der Waals surface area contributed by atoms with Crippen LogP contribution in [0, 0.1) is 0 Å². The maximum absolute atomic E-state index is 8.52. The van der Waals surface area contributed by atoms with E-state index in [1.165, 1.54) is 0 Å². The average molecular weight is 394 g/mol. The van der Waals surface area contributed by atoms with Gasteiger partial charge in [0.05, 0.1) is 0 Å². The molecular formula is Al2Fe2O9Si3. The summed E-state index contributed by atoms with van der Waals surface area (Å²) in [7, 11) is -10.9. The Balaban J connectivity index is -0.0000000135. The first-order chi connectivity index (χ1) is 5.20. The Hall–Kier alpha value is 0.955. The molecule has 16 heavy (non-hydrogen) atoms. The van der Waals surface area contributed by atoms with E-state index in [-0.39, 0.29) is 68.9 Å². The predicted molar refractivity (Wildman–Crippen MR) is 30.8 cm³/mol. The maximum Gasteiger partial charge on any atom is 3.00 e. The van der Waals surface area contributed by atoms with E-state index in [4.69, 9.17) is 42.2 Å². The summed E-state index contributed by atoms with van der Waals surface area (Å²) >= 11 is 0. The molecule has 0 atom stereocenters. The Morgan fingerprint density at radius 2 is 0.500 bits per heavy atom. The molecular weight excluding hydrogens is 394 g/mol. The third kappa shape index (κ3) is 3200. The minimum absolute atomic E-state index is 0. The van der Waals surface area contributed by atoms with Gasteiger partial charge in [0.25, 0.3) is 0 Å². The van der Waals surface area contributed by atoms with Crippen LogP contribution in [0.1, 0.15) is 0 Å². The first-order valence-electron chi connectivity index (χ1n) is 1.84. The van der Waals surface area contributed by atoms with E-state index in [0.29, 0.717) is 0 Å². The van der Waals surface area contributed by atoms with Crippen molar-refractivity contribution in [1.82, 2.24) is 0 Å². The number of rotatable bonds is 0. The summed E-state index contributed by atoms with van der Waals surface area (Å²) in [6.45, 7) is 0. The molecule has 0 unspecified atom stereocenters. The summed E-state index contributed by atoms with van der Waals surface area (Å²) in [5, 5.41) is 0. The third-order valence-corrected chi connectivity index (χ3v) is 0. The van der Waals surface area contributed by atoms with Gasteiger partial charge in [0, 0.05) is 62.2 Å². The molecule has 0 aromatic carbocycles. The van der Waals surface area contributed by atoms with Crippen molar-refractivity contribution in [1.29, 1.82) is 0 Å². The molecule has 0 amide bonds. The second-order valence-corrected chi connectivity index (χ2v) is 2.25. The van der Waals surface area contributed by atoms with E-state index in [2.05, 4.69) is 0 Å².